The Balaban J connectivity index is 2.11. The van der Waals surface area contributed by atoms with Crippen LogP contribution < -0.4 is 0 Å². The summed E-state index contributed by atoms with van der Waals surface area (Å²) in [6.07, 6.45) is 2.14. The van der Waals surface area contributed by atoms with Crippen LogP contribution in [0.5, 0.6) is 0 Å². The van der Waals surface area contributed by atoms with Crippen molar-refractivity contribution in [3.05, 3.63) is 0 Å². The van der Waals surface area contributed by atoms with Crippen molar-refractivity contribution in [2.75, 3.05) is 33.2 Å². The van der Waals surface area contributed by atoms with Gasteiger partial charge in [0.05, 0.1) is 13.2 Å². The zero-order valence-corrected chi connectivity index (χ0v) is 9.74. The number of rotatable bonds is 8. The van der Waals surface area contributed by atoms with Gasteiger partial charge in [0, 0.05) is 13.2 Å². The molecule has 1 rings (SSSR count). The van der Waals surface area contributed by atoms with Crippen molar-refractivity contribution < 1.29 is 18.9 Å². The van der Waals surface area contributed by atoms with Crippen LogP contribution in [0.25, 0.3) is 0 Å². The molecule has 90 valence electrons. The second-order valence-electron chi connectivity index (χ2n) is 3.68. The number of ether oxygens (including phenoxy) is 4. The molecule has 0 aliphatic carbocycles. The first-order valence-corrected chi connectivity index (χ1v) is 5.77. The van der Waals surface area contributed by atoms with Gasteiger partial charge >= 0.3 is 0 Å². The molecule has 0 aromatic heterocycles. The Hall–Kier alpha value is -0.160. The molecule has 0 amide bonds. The van der Waals surface area contributed by atoms with Gasteiger partial charge in [0.2, 0.25) is 0 Å². The van der Waals surface area contributed by atoms with Gasteiger partial charge in [-0.2, -0.15) is 0 Å². The third kappa shape index (κ3) is 4.93. The fourth-order valence-electron chi connectivity index (χ4n) is 1.43. The largest absolute Gasteiger partial charge is 0.379 e. The molecule has 1 saturated heterocycles. The second-order valence-corrected chi connectivity index (χ2v) is 3.68. The summed E-state index contributed by atoms with van der Waals surface area (Å²) < 4.78 is 21.7. The molecular weight excluding hydrogens is 196 g/mol. The molecule has 0 N–H and O–H groups in total. The standard InChI is InChI=1S/C11H22O4/c1-3-5-12-7-10-11(15-9-14-10)8-13-6-4-2/h10-11H,3-9H2,1-2H3. The molecule has 2 unspecified atom stereocenters. The first kappa shape index (κ1) is 12.9. The maximum absolute atomic E-state index is 5.44. The highest BCUT2D eigenvalue weighted by atomic mass is 16.7. The van der Waals surface area contributed by atoms with Gasteiger partial charge in [-0.15, -0.1) is 0 Å². The van der Waals surface area contributed by atoms with E-state index in [1.807, 2.05) is 0 Å². The van der Waals surface area contributed by atoms with Crippen molar-refractivity contribution in [1.82, 2.24) is 0 Å². The van der Waals surface area contributed by atoms with Crippen molar-refractivity contribution in [3.63, 3.8) is 0 Å². The van der Waals surface area contributed by atoms with Crippen molar-refractivity contribution in [2.45, 2.75) is 38.9 Å². The van der Waals surface area contributed by atoms with E-state index in [0.717, 1.165) is 26.1 Å². The van der Waals surface area contributed by atoms with E-state index >= 15 is 0 Å². The highest BCUT2D eigenvalue weighted by Gasteiger charge is 2.29. The second kappa shape index (κ2) is 8.05. The van der Waals surface area contributed by atoms with E-state index in [1.165, 1.54) is 0 Å². The van der Waals surface area contributed by atoms with Crippen LogP contribution in [-0.4, -0.2) is 45.4 Å². The summed E-state index contributed by atoms with van der Waals surface area (Å²) in [5.41, 5.74) is 0. The molecule has 2 atom stereocenters. The summed E-state index contributed by atoms with van der Waals surface area (Å²) in [6, 6.07) is 0. The average Bonchev–Trinajstić information content (AvgIpc) is 2.67. The molecule has 15 heavy (non-hydrogen) atoms. The summed E-state index contributed by atoms with van der Waals surface area (Å²) >= 11 is 0. The van der Waals surface area contributed by atoms with Gasteiger partial charge in [-0.1, -0.05) is 13.8 Å². The highest BCUT2D eigenvalue weighted by Crippen LogP contribution is 2.14. The Morgan fingerprint density at radius 1 is 0.933 bits per heavy atom. The SMILES string of the molecule is CCCOCC1OCOC1COCCC. The van der Waals surface area contributed by atoms with Crippen LogP contribution in [0.3, 0.4) is 0 Å². The Bertz CT molecular complexity index is 136. The monoisotopic (exact) mass is 218 g/mol. The minimum Gasteiger partial charge on any atom is -0.379 e. The summed E-state index contributed by atoms with van der Waals surface area (Å²) in [5.74, 6) is 0. The Morgan fingerprint density at radius 2 is 1.40 bits per heavy atom. The van der Waals surface area contributed by atoms with Crippen LogP contribution in [0.4, 0.5) is 0 Å². The summed E-state index contributed by atoms with van der Waals surface area (Å²) in [6.45, 7) is 7.31. The van der Waals surface area contributed by atoms with E-state index in [9.17, 15) is 0 Å². The van der Waals surface area contributed by atoms with Gasteiger partial charge in [0.25, 0.3) is 0 Å². The lowest BCUT2D eigenvalue weighted by atomic mass is 10.2. The van der Waals surface area contributed by atoms with Crippen LogP contribution in [-0.2, 0) is 18.9 Å². The third-order valence-corrected chi connectivity index (χ3v) is 2.24. The molecule has 0 saturated carbocycles. The maximum atomic E-state index is 5.44. The molecule has 0 bridgehead atoms. The molecule has 0 spiro atoms. The number of hydrogen-bond donors (Lipinski definition) is 0. The summed E-state index contributed by atoms with van der Waals surface area (Å²) in [5, 5.41) is 0. The van der Waals surface area contributed by atoms with Crippen molar-refractivity contribution in [2.24, 2.45) is 0 Å². The Labute approximate surface area is 91.8 Å². The maximum Gasteiger partial charge on any atom is 0.147 e. The van der Waals surface area contributed by atoms with Gasteiger partial charge in [-0.05, 0) is 12.8 Å². The lowest BCUT2D eigenvalue weighted by molar-refractivity contribution is -0.00371. The zero-order chi connectivity index (χ0) is 10.9. The van der Waals surface area contributed by atoms with Crippen LogP contribution in [0.2, 0.25) is 0 Å². The normalized spacial score (nSPS) is 26.0. The fraction of sp³-hybridized carbons (Fsp3) is 1.00. The van der Waals surface area contributed by atoms with Gasteiger partial charge < -0.3 is 18.9 Å². The molecule has 4 heteroatoms. The molecule has 0 radical (unpaired) electrons. The summed E-state index contributed by atoms with van der Waals surface area (Å²) in [7, 11) is 0. The quantitative estimate of drug-likeness (QED) is 0.580. The minimum atomic E-state index is 0.0356. The lowest BCUT2D eigenvalue weighted by Crippen LogP contribution is -2.32. The predicted molar refractivity (Wildman–Crippen MR) is 56.8 cm³/mol. The van der Waals surface area contributed by atoms with E-state index in [4.69, 9.17) is 18.9 Å². The van der Waals surface area contributed by atoms with Crippen molar-refractivity contribution in [3.8, 4) is 0 Å². The molecule has 0 aromatic carbocycles. The predicted octanol–water partition coefficient (Wildman–Crippen LogP) is 1.58. The van der Waals surface area contributed by atoms with E-state index in [2.05, 4.69) is 13.8 Å². The van der Waals surface area contributed by atoms with E-state index in [1.54, 1.807) is 0 Å². The molecule has 1 aliphatic rings. The number of hydrogen-bond acceptors (Lipinski definition) is 4. The molecule has 1 fully saturated rings. The topological polar surface area (TPSA) is 36.9 Å². The van der Waals surface area contributed by atoms with Crippen molar-refractivity contribution in [1.29, 1.82) is 0 Å². The highest BCUT2D eigenvalue weighted by molar-refractivity contribution is 4.73. The molecule has 1 heterocycles. The van der Waals surface area contributed by atoms with Crippen molar-refractivity contribution >= 4 is 0 Å². The smallest absolute Gasteiger partial charge is 0.147 e. The summed E-state index contributed by atoms with van der Waals surface area (Å²) in [4.78, 5) is 0. The molecule has 4 nitrogen and oxygen atoms in total. The first-order chi connectivity index (χ1) is 7.38. The lowest BCUT2D eigenvalue weighted by Gasteiger charge is -2.16. The van der Waals surface area contributed by atoms with Gasteiger partial charge in [-0.25, -0.2) is 0 Å². The minimum absolute atomic E-state index is 0.0356. The van der Waals surface area contributed by atoms with Crippen LogP contribution in [0.15, 0.2) is 0 Å². The average molecular weight is 218 g/mol. The van der Waals surface area contributed by atoms with Gasteiger partial charge in [0.15, 0.2) is 0 Å². The van der Waals surface area contributed by atoms with Gasteiger partial charge in [0.1, 0.15) is 19.0 Å². The van der Waals surface area contributed by atoms with E-state index in [-0.39, 0.29) is 12.2 Å². The molecular formula is C11H22O4. The fourth-order valence-corrected chi connectivity index (χ4v) is 1.43. The van der Waals surface area contributed by atoms with Crippen LogP contribution >= 0.6 is 0 Å². The third-order valence-electron chi connectivity index (χ3n) is 2.24. The molecule has 0 aromatic rings. The molecule has 1 aliphatic heterocycles. The Kier molecular flexibility index (Phi) is 6.92. The van der Waals surface area contributed by atoms with E-state index in [0.29, 0.717) is 20.0 Å². The van der Waals surface area contributed by atoms with E-state index < -0.39 is 0 Å². The first-order valence-electron chi connectivity index (χ1n) is 5.77. The van der Waals surface area contributed by atoms with Crippen LogP contribution in [0.1, 0.15) is 26.7 Å². The van der Waals surface area contributed by atoms with Gasteiger partial charge in [-0.3, -0.25) is 0 Å². The van der Waals surface area contributed by atoms with Crippen LogP contribution in [0, 0.1) is 0 Å². The Morgan fingerprint density at radius 3 is 1.80 bits per heavy atom. The zero-order valence-electron chi connectivity index (χ0n) is 9.74.